The maximum absolute atomic E-state index is 11.9. The predicted molar refractivity (Wildman–Crippen MR) is 197 cm³/mol. The van der Waals surface area contributed by atoms with Gasteiger partial charge in [-0.1, -0.05) is 80.4 Å². The summed E-state index contributed by atoms with van der Waals surface area (Å²) in [4.78, 5) is 67.5. The van der Waals surface area contributed by atoms with Crippen molar-refractivity contribution in [1.29, 1.82) is 0 Å². The van der Waals surface area contributed by atoms with Crippen molar-refractivity contribution < 1.29 is 33.5 Å². The second-order valence-electron chi connectivity index (χ2n) is 11.0. The first kappa shape index (κ1) is 49.4. The molecule has 2 rings (SSSR count). The smallest absolute Gasteiger partial charge is 0.312 e. The Morgan fingerprint density at radius 3 is 2.00 bits per heavy atom. The molecule has 13 heteroatoms. The average molecular weight is 695 g/mol. The Labute approximate surface area is 295 Å². The number of esters is 1. The zero-order chi connectivity index (χ0) is 38.2. The van der Waals surface area contributed by atoms with Crippen molar-refractivity contribution in [1.82, 2.24) is 20.9 Å². The average Bonchev–Trinajstić information content (AvgIpc) is 3.34. The van der Waals surface area contributed by atoms with Crippen molar-refractivity contribution in [3.8, 4) is 0 Å². The van der Waals surface area contributed by atoms with Crippen LogP contribution in [0.3, 0.4) is 0 Å². The molecule has 6 N–H and O–H groups in total. The van der Waals surface area contributed by atoms with Crippen LogP contribution in [0.15, 0.2) is 24.3 Å². The predicted octanol–water partition coefficient (Wildman–Crippen LogP) is 4.78. The molecular formula is C36H66N6O7. The van der Waals surface area contributed by atoms with Crippen LogP contribution in [0.4, 0.5) is 10.5 Å². The van der Waals surface area contributed by atoms with Gasteiger partial charge in [-0.2, -0.15) is 0 Å². The number of likely N-dealkylation sites (tertiary alicyclic amines) is 1. The minimum absolute atomic E-state index is 0.0380. The first-order valence-electron chi connectivity index (χ1n) is 17.6. The zero-order valence-corrected chi connectivity index (χ0v) is 31.8. The van der Waals surface area contributed by atoms with Crippen LogP contribution >= 0.6 is 0 Å². The number of unbranched alkanes of at least 4 members (excludes halogenated alkanes) is 3. The van der Waals surface area contributed by atoms with Gasteiger partial charge in [-0.25, -0.2) is 4.79 Å². The number of nitrogens with one attached hydrogen (secondary N) is 4. The summed E-state index contributed by atoms with van der Waals surface area (Å²) in [5.41, 5.74) is 6.77. The van der Waals surface area contributed by atoms with Gasteiger partial charge in [0, 0.05) is 45.1 Å². The number of urea groups is 1. The Bertz CT molecular complexity index is 1050. The van der Waals surface area contributed by atoms with Gasteiger partial charge in [-0.15, -0.1) is 0 Å². The number of nitrogens with two attached hydrogens (primary N) is 1. The van der Waals surface area contributed by atoms with Crippen LogP contribution in [0.1, 0.15) is 106 Å². The minimum atomic E-state index is -0.443. The molecule has 0 spiro atoms. The molecule has 0 saturated carbocycles. The molecule has 1 aliphatic heterocycles. The SMILES string of the molecule is CC.CC.CC1CC(=O)N(CCCCCCNC(C(=O)NCC=O)C(C)C)C1=O.CCCNC(N)=O.CNc1ccc(COC(C)=O)cc1. The van der Waals surface area contributed by atoms with Gasteiger partial charge in [0.2, 0.25) is 17.7 Å². The van der Waals surface area contributed by atoms with E-state index in [0.29, 0.717) is 32.4 Å². The van der Waals surface area contributed by atoms with Gasteiger partial charge in [-0.05, 0) is 49.4 Å². The molecule has 2 unspecified atom stereocenters. The summed E-state index contributed by atoms with van der Waals surface area (Å²) in [6.07, 6.45) is 5.59. The normalized spacial score (nSPS) is 13.4. The Hall–Kier alpha value is -4.00. The fourth-order valence-corrected chi connectivity index (χ4v) is 4.17. The fraction of sp³-hybridized carbons (Fsp3) is 0.667. The van der Waals surface area contributed by atoms with Gasteiger partial charge < -0.3 is 36.5 Å². The maximum atomic E-state index is 11.9. The van der Waals surface area contributed by atoms with E-state index in [9.17, 15) is 28.8 Å². The highest BCUT2D eigenvalue weighted by molar-refractivity contribution is 6.03. The number of carbonyl (C=O) groups excluding carboxylic acids is 6. The fourth-order valence-electron chi connectivity index (χ4n) is 4.17. The number of amides is 5. The molecule has 5 amide bonds. The standard InChI is InChI=1S/C18H31N3O4.C10H13NO2.C4H10N2O.2C2H6/c1-13(2)16(17(24)20-9-11-22)19-8-6-4-5-7-10-21-15(23)12-14(3)18(21)25;1-8(12)13-7-9-3-5-10(11-2)6-4-9;1-2-3-6-4(5)7;2*1-2/h11,13-14,16,19H,4-10,12H2,1-3H3,(H,20,24);3-6,11H,7H2,1-2H3;2-3H2,1H3,(H3,5,6,7);2*1-2H3. The number of aldehydes is 1. The maximum Gasteiger partial charge on any atom is 0.312 e. The topological polar surface area (TPSA) is 189 Å². The lowest BCUT2D eigenvalue weighted by Gasteiger charge is -2.21. The lowest BCUT2D eigenvalue weighted by Crippen LogP contribution is -2.48. The molecule has 282 valence electrons. The molecule has 1 aromatic rings. The van der Waals surface area contributed by atoms with E-state index in [1.807, 2.05) is 79.8 Å². The summed E-state index contributed by atoms with van der Waals surface area (Å²) >= 11 is 0. The van der Waals surface area contributed by atoms with Crippen LogP contribution in [0.5, 0.6) is 0 Å². The number of hydrogen-bond donors (Lipinski definition) is 5. The summed E-state index contributed by atoms with van der Waals surface area (Å²) in [5, 5.41) is 11.3. The molecule has 2 atom stereocenters. The van der Waals surface area contributed by atoms with E-state index in [1.165, 1.54) is 11.8 Å². The van der Waals surface area contributed by atoms with Crippen molar-refractivity contribution in [3.63, 3.8) is 0 Å². The van der Waals surface area contributed by atoms with E-state index in [1.54, 1.807) is 6.92 Å². The van der Waals surface area contributed by atoms with Crippen LogP contribution < -0.4 is 27.0 Å². The number of carbonyl (C=O) groups is 6. The third kappa shape index (κ3) is 25.7. The summed E-state index contributed by atoms with van der Waals surface area (Å²) < 4.78 is 4.84. The van der Waals surface area contributed by atoms with E-state index in [-0.39, 0.29) is 48.1 Å². The Balaban J connectivity index is -0.000000731. The van der Waals surface area contributed by atoms with E-state index in [2.05, 4.69) is 21.3 Å². The van der Waals surface area contributed by atoms with Gasteiger partial charge >= 0.3 is 12.0 Å². The minimum Gasteiger partial charge on any atom is -0.461 e. The number of ether oxygens (including phenoxy) is 1. The van der Waals surface area contributed by atoms with Gasteiger partial charge in [0.1, 0.15) is 12.9 Å². The molecule has 0 bridgehead atoms. The Morgan fingerprint density at radius 2 is 1.57 bits per heavy atom. The molecule has 13 nitrogen and oxygen atoms in total. The van der Waals surface area contributed by atoms with Crippen LogP contribution in [-0.4, -0.2) is 80.2 Å². The van der Waals surface area contributed by atoms with Crippen molar-refractivity contribution >= 4 is 41.7 Å². The van der Waals surface area contributed by atoms with Crippen molar-refractivity contribution in [3.05, 3.63) is 29.8 Å². The van der Waals surface area contributed by atoms with E-state index >= 15 is 0 Å². The molecule has 0 aliphatic carbocycles. The second-order valence-corrected chi connectivity index (χ2v) is 11.0. The van der Waals surface area contributed by atoms with Gasteiger partial charge in [0.25, 0.3) is 0 Å². The lowest BCUT2D eigenvalue weighted by atomic mass is 10.0. The van der Waals surface area contributed by atoms with E-state index < -0.39 is 6.03 Å². The second kappa shape index (κ2) is 32.5. The van der Waals surface area contributed by atoms with Crippen LogP contribution in [0.25, 0.3) is 0 Å². The van der Waals surface area contributed by atoms with E-state index in [0.717, 1.165) is 49.9 Å². The zero-order valence-electron chi connectivity index (χ0n) is 31.8. The Morgan fingerprint density at radius 1 is 0.980 bits per heavy atom. The number of benzene rings is 1. The summed E-state index contributed by atoms with van der Waals surface area (Å²) in [6, 6.07) is 6.99. The number of imide groups is 1. The molecule has 0 radical (unpaired) electrons. The Kier molecular flexibility index (Phi) is 32.8. The monoisotopic (exact) mass is 694 g/mol. The molecule has 1 aliphatic rings. The third-order valence-electron chi connectivity index (χ3n) is 6.68. The molecule has 1 aromatic carbocycles. The number of primary amides is 1. The van der Waals surface area contributed by atoms with Crippen LogP contribution in [0, 0.1) is 11.8 Å². The van der Waals surface area contributed by atoms with Crippen LogP contribution in [0.2, 0.25) is 0 Å². The van der Waals surface area contributed by atoms with Crippen molar-refractivity contribution in [2.75, 3.05) is 38.5 Å². The molecule has 1 fully saturated rings. The van der Waals surface area contributed by atoms with Gasteiger partial charge in [0.05, 0.1) is 12.6 Å². The highest BCUT2D eigenvalue weighted by Crippen LogP contribution is 2.19. The highest BCUT2D eigenvalue weighted by Gasteiger charge is 2.34. The van der Waals surface area contributed by atoms with Crippen LogP contribution in [-0.2, 0) is 35.3 Å². The molecule has 49 heavy (non-hydrogen) atoms. The van der Waals surface area contributed by atoms with Gasteiger partial charge in [0.15, 0.2) is 0 Å². The summed E-state index contributed by atoms with van der Waals surface area (Å²) in [6.45, 7) is 19.4. The first-order valence-corrected chi connectivity index (χ1v) is 17.6. The van der Waals surface area contributed by atoms with Crippen molar-refractivity contribution in [2.45, 2.75) is 113 Å². The third-order valence-corrected chi connectivity index (χ3v) is 6.68. The van der Waals surface area contributed by atoms with E-state index in [4.69, 9.17) is 10.5 Å². The first-order chi connectivity index (χ1) is 23.4. The number of anilines is 1. The number of nitrogens with zero attached hydrogens (tertiary/aromatic N) is 1. The number of hydrogen-bond acceptors (Lipinski definition) is 9. The molecule has 1 saturated heterocycles. The number of rotatable bonds is 17. The lowest BCUT2D eigenvalue weighted by molar-refractivity contribution is -0.142. The molecular weight excluding hydrogens is 628 g/mol. The highest BCUT2D eigenvalue weighted by atomic mass is 16.5. The molecule has 1 heterocycles. The largest absolute Gasteiger partial charge is 0.461 e. The summed E-state index contributed by atoms with van der Waals surface area (Å²) in [5.74, 6) is -0.538. The van der Waals surface area contributed by atoms with Gasteiger partial charge in [-0.3, -0.25) is 24.1 Å². The molecule has 0 aromatic heterocycles. The summed E-state index contributed by atoms with van der Waals surface area (Å²) in [7, 11) is 1.86. The quantitative estimate of drug-likeness (QED) is 0.0662. The van der Waals surface area contributed by atoms with Crippen molar-refractivity contribution in [2.24, 2.45) is 17.6 Å².